The molecule has 0 fully saturated rings. The van der Waals surface area contributed by atoms with Gasteiger partial charge < -0.3 is 15.4 Å². The molecule has 4 nitrogen and oxygen atoms in total. The molecule has 0 aromatic heterocycles. The van der Waals surface area contributed by atoms with Gasteiger partial charge in [-0.05, 0) is 60.4 Å². The summed E-state index contributed by atoms with van der Waals surface area (Å²) >= 11 is 9.67. The fourth-order valence-electron chi connectivity index (χ4n) is 4.63. The predicted octanol–water partition coefficient (Wildman–Crippen LogP) is 7.09. The van der Waals surface area contributed by atoms with Crippen molar-refractivity contribution in [1.82, 2.24) is 0 Å². The fraction of sp³-hybridized carbons (Fsp3) is 0.192. The number of anilines is 2. The number of Topliss-reactive ketones (excluding diaryl/α,β-unsaturated/α-hetero) is 1. The molecular weight excluding hydrogens is 488 g/mol. The van der Waals surface area contributed by atoms with Crippen LogP contribution in [0.2, 0.25) is 5.02 Å². The molecule has 32 heavy (non-hydrogen) atoms. The molecule has 6 heteroatoms. The number of hydrogen-bond acceptors (Lipinski definition) is 4. The van der Waals surface area contributed by atoms with E-state index in [1.165, 1.54) is 0 Å². The van der Waals surface area contributed by atoms with E-state index in [9.17, 15) is 4.79 Å². The largest absolute Gasteiger partial charge is 0.496 e. The van der Waals surface area contributed by atoms with E-state index in [-0.39, 0.29) is 17.7 Å². The lowest BCUT2D eigenvalue weighted by molar-refractivity contribution is -0.116. The zero-order valence-electron chi connectivity index (χ0n) is 17.5. The number of carbonyl (C=O) groups excluding carboxylic acids is 1. The Labute approximate surface area is 200 Å². The van der Waals surface area contributed by atoms with E-state index in [0.29, 0.717) is 11.4 Å². The van der Waals surface area contributed by atoms with Gasteiger partial charge in [0.2, 0.25) is 0 Å². The lowest BCUT2D eigenvalue weighted by atomic mass is 9.78. The molecule has 0 bridgehead atoms. The number of halogens is 2. The molecule has 0 saturated heterocycles. The Bertz CT molecular complexity index is 1220. The average Bonchev–Trinajstić information content (AvgIpc) is 2.96. The molecular formula is C26H22BrClN2O2. The minimum atomic E-state index is -0.327. The summed E-state index contributed by atoms with van der Waals surface area (Å²) < 4.78 is 6.61. The van der Waals surface area contributed by atoms with Gasteiger partial charge in [0.15, 0.2) is 5.78 Å². The van der Waals surface area contributed by atoms with Gasteiger partial charge in [0.25, 0.3) is 0 Å². The molecule has 0 saturated carbocycles. The number of para-hydroxylation sites is 2. The molecule has 0 radical (unpaired) electrons. The average molecular weight is 510 g/mol. The number of rotatable bonds is 3. The number of nitrogens with one attached hydrogen (secondary N) is 2. The smallest absolute Gasteiger partial charge is 0.163 e. The SMILES string of the molecule is COc1ccc(Br)cc1[C@H]1Nc2ccccc2NC2=C1C(=O)C[C@H](c1ccc(Cl)cc1)C2. The second-order valence-corrected chi connectivity index (χ2v) is 9.46. The van der Waals surface area contributed by atoms with Crippen LogP contribution in [-0.4, -0.2) is 12.9 Å². The van der Waals surface area contributed by atoms with E-state index in [1.807, 2.05) is 66.7 Å². The molecule has 0 amide bonds. The Morgan fingerprint density at radius 1 is 1.00 bits per heavy atom. The van der Waals surface area contributed by atoms with E-state index < -0.39 is 0 Å². The number of ether oxygens (including phenoxy) is 1. The van der Waals surface area contributed by atoms with Crippen molar-refractivity contribution >= 4 is 44.7 Å². The van der Waals surface area contributed by atoms with Crippen LogP contribution in [0.5, 0.6) is 5.75 Å². The minimum absolute atomic E-state index is 0.0985. The Hall–Kier alpha value is -2.76. The number of carbonyl (C=O) groups is 1. The van der Waals surface area contributed by atoms with Gasteiger partial charge in [-0.15, -0.1) is 0 Å². The molecule has 1 aliphatic carbocycles. The Morgan fingerprint density at radius 3 is 2.50 bits per heavy atom. The summed E-state index contributed by atoms with van der Waals surface area (Å²) in [6, 6.07) is 21.4. The molecule has 3 aromatic rings. The van der Waals surface area contributed by atoms with Crippen LogP contribution in [-0.2, 0) is 4.79 Å². The molecule has 162 valence electrons. The van der Waals surface area contributed by atoms with E-state index in [4.69, 9.17) is 16.3 Å². The van der Waals surface area contributed by atoms with Crippen LogP contribution in [0.3, 0.4) is 0 Å². The Balaban J connectivity index is 1.64. The molecule has 5 rings (SSSR count). The summed E-state index contributed by atoms with van der Waals surface area (Å²) in [6.07, 6.45) is 1.19. The van der Waals surface area contributed by atoms with E-state index in [2.05, 4.69) is 26.6 Å². The van der Waals surface area contributed by atoms with Crippen molar-refractivity contribution in [3.05, 3.63) is 98.6 Å². The standard InChI is InChI=1S/C26H22BrClN2O2/c1-32-24-11-8-17(27)14-19(24)26-25-22(29-20-4-2-3-5-21(20)30-26)12-16(13-23(25)31)15-6-9-18(28)10-7-15/h2-11,14,16,26,29-30H,12-13H2,1H3/t16-,26-/m1/s1. The summed E-state index contributed by atoms with van der Waals surface area (Å²) in [5.74, 6) is 0.969. The summed E-state index contributed by atoms with van der Waals surface area (Å²) in [6.45, 7) is 0. The van der Waals surface area contributed by atoms with E-state index in [0.717, 1.165) is 50.4 Å². The first kappa shape index (κ1) is 21.1. The van der Waals surface area contributed by atoms with Crippen LogP contribution >= 0.6 is 27.5 Å². The van der Waals surface area contributed by atoms with Gasteiger partial charge in [0, 0.05) is 32.7 Å². The number of fused-ring (bicyclic) bond motifs is 1. The van der Waals surface area contributed by atoms with Crippen LogP contribution < -0.4 is 15.4 Å². The van der Waals surface area contributed by atoms with Gasteiger partial charge in [-0.3, -0.25) is 4.79 Å². The Morgan fingerprint density at radius 2 is 1.75 bits per heavy atom. The van der Waals surface area contributed by atoms with Crippen molar-refractivity contribution in [3.8, 4) is 5.75 Å². The number of benzene rings is 3. The molecule has 3 aromatic carbocycles. The van der Waals surface area contributed by atoms with Crippen LogP contribution in [0, 0.1) is 0 Å². The highest BCUT2D eigenvalue weighted by molar-refractivity contribution is 9.10. The number of methoxy groups -OCH3 is 1. The molecule has 2 N–H and O–H groups in total. The molecule has 0 spiro atoms. The van der Waals surface area contributed by atoms with Gasteiger partial charge in [-0.1, -0.05) is 51.8 Å². The monoisotopic (exact) mass is 508 g/mol. The lowest BCUT2D eigenvalue weighted by Gasteiger charge is -2.30. The maximum atomic E-state index is 13.6. The third-order valence-corrected chi connectivity index (χ3v) is 6.90. The third kappa shape index (κ3) is 3.91. The van der Waals surface area contributed by atoms with Gasteiger partial charge in [-0.25, -0.2) is 0 Å². The van der Waals surface area contributed by atoms with Crippen molar-refractivity contribution in [1.29, 1.82) is 0 Å². The van der Waals surface area contributed by atoms with E-state index in [1.54, 1.807) is 7.11 Å². The van der Waals surface area contributed by atoms with Gasteiger partial charge in [-0.2, -0.15) is 0 Å². The predicted molar refractivity (Wildman–Crippen MR) is 133 cm³/mol. The second kappa shape index (κ2) is 8.64. The highest BCUT2D eigenvalue weighted by atomic mass is 79.9. The third-order valence-electron chi connectivity index (χ3n) is 6.15. The van der Waals surface area contributed by atoms with Crippen LogP contribution in [0.15, 0.2) is 82.5 Å². The van der Waals surface area contributed by atoms with E-state index >= 15 is 0 Å². The summed E-state index contributed by atoms with van der Waals surface area (Å²) in [7, 11) is 1.66. The molecule has 2 aliphatic rings. The minimum Gasteiger partial charge on any atom is -0.496 e. The van der Waals surface area contributed by atoms with Crippen LogP contribution in [0.1, 0.15) is 35.9 Å². The van der Waals surface area contributed by atoms with Crippen LogP contribution in [0.4, 0.5) is 11.4 Å². The van der Waals surface area contributed by atoms with Crippen molar-refractivity contribution in [2.75, 3.05) is 17.7 Å². The lowest BCUT2D eigenvalue weighted by Crippen LogP contribution is -2.27. The first-order chi connectivity index (χ1) is 15.5. The maximum absolute atomic E-state index is 13.6. The number of ketones is 1. The summed E-state index contributed by atoms with van der Waals surface area (Å²) in [4.78, 5) is 13.6. The molecule has 1 aliphatic heterocycles. The highest BCUT2D eigenvalue weighted by Gasteiger charge is 2.37. The summed E-state index contributed by atoms with van der Waals surface area (Å²) in [5, 5.41) is 7.88. The zero-order chi connectivity index (χ0) is 22.2. The first-order valence-electron chi connectivity index (χ1n) is 10.5. The summed E-state index contributed by atoms with van der Waals surface area (Å²) in [5.41, 5.74) is 5.67. The van der Waals surface area contributed by atoms with Crippen LogP contribution in [0.25, 0.3) is 0 Å². The quantitative estimate of drug-likeness (QED) is 0.396. The molecule has 0 unspecified atom stereocenters. The van der Waals surface area contributed by atoms with Gasteiger partial charge in [0.05, 0.1) is 24.5 Å². The van der Waals surface area contributed by atoms with Crippen molar-refractivity contribution in [2.45, 2.75) is 24.8 Å². The topological polar surface area (TPSA) is 50.4 Å². The Kier molecular flexibility index (Phi) is 5.70. The van der Waals surface area contributed by atoms with Crippen molar-refractivity contribution in [3.63, 3.8) is 0 Å². The normalized spacial score (nSPS) is 19.9. The zero-order valence-corrected chi connectivity index (χ0v) is 19.8. The number of allylic oxidation sites excluding steroid dienone is 1. The molecule has 1 heterocycles. The maximum Gasteiger partial charge on any atom is 0.163 e. The van der Waals surface area contributed by atoms with Crippen molar-refractivity contribution in [2.24, 2.45) is 0 Å². The number of hydrogen-bond donors (Lipinski definition) is 2. The fourth-order valence-corrected chi connectivity index (χ4v) is 5.13. The first-order valence-corrected chi connectivity index (χ1v) is 11.7. The van der Waals surface area contributed by atoms with Gasteiger partial charge >= 0.3 is 0 Å². The van der Waals surface area contributed by atoms with Crippen molar-refractivity contribution < 1.29 is 9.53 Å². The molecule has 2 atom stereocenters. The highest BCUT2D eigenvalue weighted by Crippen LogP contribution is 2.46. The van der Waals surface area contributed by atoms with Gasteiger partial charge in [0.1, 0.15) is 5.75 Å². The second-order valence-electron chi connectivity index (χ2n) is 8.11.